The van der Waals surface area contributed by atoms with Crippen molar-refractivity contribution < 1.29 is 26.8 Å². The first-order valence-corrected chi connectivity index (χ1v) is 12.4. The number of nitrogens with one attached hydrogen (secondary N) is 1. The summed E-state index contributed by atoms with van der Waals surface area (Å²) in [5.74, 6) is 0.585. The first kappa shape index (κ1) is 22.7. The molecule has 33 heavy (non-hydrogen) atoms. The molecule has 1 N–H and O–H groups in total. The summed E-state index contributed by atoms with van der Waals surface area (Å²) < 4.78 is 42.7. The molecule has 4 aromatic rings. The van der Waals surface area contributed by atoms with Gasteiger partial charge in [-0.1, -0.05) is 30.0 Å². The van der Waals surface area contributed by atoms with Gasteiger partial charge in [-0.25, -0.2) is 8.42 Å². The van der Waals surface area contributed by atoms with E-state index in [-0.39, 0.29) is 38.3 Å². The maximum Gasteiger partial charge on any atom is 0.265 e. The number of thioether (sulfide) groups is 1. The molecule has 2 aromatic carbocycles. The number of hydrogen-bond acceptors (Lipinski definition) is 8. The van der Waals surface area contributed by atoms with Gasteiger partial charge >= 0.3 is 0 Å². The summed E-state index contributed by atoms with van der Waals surface area (Å²) >= 11 is 0.939. The molecule has 10 heteroatoms. The third-order valence-corrected chi connectivity index (χ3v) is 7.14. The van der Waals surface area contributed by atoms with Gasteiger partial charge in [0.2, 0.25) is 25.9 Å². The van der Waals surface area contributed by atoms with Crippen LogP contribution >= 0.6 is 11.8 Å². The number of anilines is 1. The molecule has 170 valence electrons. The third kappa shape index (κ3) is 5.29. The fourth-order valence-corrected chi connectivity index (χ4v) is 5.25. The van der Waals surface area contributed by atoms with Crippen LogP contribution in [0.2, 0.25) is 0 Å². The molecule has 0 aliphatic carbocycles. The lowest BCUT2D eigenvalue weighted by atomic mass is 10.3. The lowest BCUT2D eigenvalue weighted by Crippen LogP contribution is -2.14. The SMILES string of the molecule is CCOc1ccc(NC(=O)CSc2oc(-c3ccco3)nc2S(=O)(=O)c2ccccc2)cc1. The smallest absolute Gasteiger partial charge is 0.265 e. The Hall–Kier alpha value is -3.50. The number of furan rings is 1. The zero-order valence-corrected chi connectivity index (χ0v) is 19.2. The van der Waals surface area contributed by atoms with Crippen molar-refractivity contribution in [2.45, 2.75) is 21.9 Å². The molecule has 0 aliphatic heterocycles. The molecule has 0 unspecified atom stereocenters. The fourth-order valence-electron chi connectivity index (χ4n) is 2.90. The number of carbonyl (C=O) groups is 1. The summed E-state index contributed by atoms with van der Waals surface area (Å²) in [6.07, 6.45) is 1.43. The molecule has 0 saturated carbocycles. The summed E-state index contributed by atoms with van der Waals surface area (Å²) in [5, 5.41) is 2.50. The van der Waals surface area contributed by atoms with Gasteiger partial charge in [0.25, 0.3) is 5.89 Å². The van der Waals surface area contributed by atoms with Crippen LogP contribution in [0.5, 0.6) is 5.75 Å². The van der Waals surface area contributed by atoms with E-state index in [1.54, 1.807) is 54.6 Å². The third-order valence-electron chi connectivity index (χ3n) is 4.39. The van der Waals surface area contributed by atoms with Crippen LogP contribution in [-0.2, 0) is 14.6 Å². The lowest BCUT2D eigenvalue weighted by Gasteiger charge is -2.07. The fraction of sp³-hybridized carbons (Fsp3) is 0.130. The zero-order chi connectivity index (χ0) is 23.3. The summed E-state index contributed by atoms with van der Waals surface area (Å²) in [6.45, 7) is 2.44. The molecule has 0 bridgehead atoms. The Balaban J connectivity index is 1.54. The Kier molecular flexibility index (Phi) is 6.85. The number of carbonyl (C=O) groups excluding carboxylic acids is 1. The molecule has 0 atom stereocenters. The molecule has 8 nitrogen and oxygen atoms in total. The molecule has 2 aromatic heterocycles. The number of nitrogens with zero attached hydrogens (tertiary/aromatic N) is 1. The van der Waals surface area contributed by atoms with E-state index in [2.05, 4.69) is 10.3 Å². The zero-order valence-electron chi connectivity index (χ0n) is 17.6. The van der Waals surface area contributed by atoms with Crippen LogP contribution in [0.3, 0.4) is 0 Å². The van der Waals surface area contributed by atoms with Crippen molar-refractivity contribution in [3.05, 3.63) is 73.0 Å². The van der Waals surface area contributed by atoms with Crippen molar-refractivity contribution in [2.24, 2.45) is 0 Å². The molecule has 0 spiro atoms. The minimum Gasteiger partial charge on any atom is -0.494 e. The highest BCUT2D eigenvalue weighted by atomic mass is 32.2. The Morgan fingerprint density at radius 2 is 1.82 bits per heavy atom. The number of amides is 1. The molecule has 0 fully saturated rings. The van der Waals surface area contributed by atoms with Gasteiger partial charge in [-0.2, -0.15) is 4.98 Å². The van der Waals surface area contributed by atoms with Gasteiger partial charge < -0.3 is 18.9 Å². The van der Waals surface area contributed by atoms with Gasteiger partial charge in [0.05, 0.1) is 23.5 Å². The number of aromatic nitrogens is 1. The van der Waals surface area contributed by atoms with E-state index >= 15 is 0 Å². The molecule has 4 rings (SSSR count). The van der Waals surface area contributed by atoms with E-state index in [0.717, 1.165) is 11.8 Å². The number of hydrogen-bond donors (Lipinski definition) is 1. The summed E-state index contributed by atoms with van der Waals surface area (Å²) in [5.41, 5.74) is 0.593. The predicted octanol–water partition coefficient (Wildman–Crippen LogP) is 4.90. The van der Waals surface area contributed by atoms with Gasteiger partial charge in [0, 0.05) is 5.69 Å². The molecule has 0 radical (unpaired) electrons. The highest BCUT2D eigenvalue weighted by molar-refractivity contribution is 8.00. The first-order valence-electron chi connectivity index (χ1n) is 9.97. The Morgan fingerprint density at radius 3 is 2.48 bits per heavy atom. The van der Waals surface area contributed by atoms with Crippen molar-refractivity contribution >= 4 is 33.2 Å². The van der Waals surface area contributed by atoms with Crippen molar-refractivity contribution in [3.63, 3.8) is 0 Å². The molecular formula is C23H20N2O6S2. The quantitative estimate of drug-likeness (QED) is 0.334. The second kappa shape index (κ2) is 9.97. The van der Waals surface area contributed by atoms with E-state index in [1.165, 1.54) is 18.4 Å². The van der Waals surface area contributed by atoms with Crippen LogP contribution in [-0.4, -0.2) is 31.7 Å². The van der Waals surface area contributed by atoms with Crippen LogP contribution in [0.25, 0.3) is 11.7 Å². The second-order valence-electron chi connectivity index (χ2n) is 6.70. The highest BCUT2D eigenvalue weighted by Gasteiger charge is 2.29. The number of benzene rings is 2. The molecule has 1 amide bonds. The molecule has 0 aliphatic rings. The second-order valence-corrected chi connectivity index (χ2v) is 9.51. The number of rotatable bonds is 9. The van der Waals surface area contributed by atoms with Crippen LogP contribution < -0.4 is 10.1 Å². The van der Waals surface area contributed by atoms with E-state index in [4.69, 9.17) is 13.6 Å². The number of oxazole rings is 1. The van der Waals surface area contributed by atoms with Crippen molar-refractivity contribution in [2.75, 3.05) is 17.7 Å². The average molecular weight is 485 g/mol. The Labute approximate surface area is 194 Å². The minimum absolute atomic E-state index is 0.00657. The average Bonchev–Trinajstić information content (AvgIpc) is 3.50. The van der Waals surface area contributed by atoms with Gasteiger partial charge in [-0.15, -0.1) is 0 Å². The van der Waals surface area contributed by atoms with Crippen LogP contribution in [0.1, 0.15) is 6.92 Å². The van der Waals surface area contributed by atoms with Gasteiger partial charge in [-0.05, 0) is 55.5 Å². The highest BCUT2D eigenvalue weighted by Crippen LogP contribution is 2.35. The van der Waals surface area contributed by atoms with E-state index in [0.29, 0.717) is 18.0 Å². The lowest BCUT2D eigenvalue weighted by molar-refractivity contribution is -0.113. The topological polar surface area (TPSA) is 112 Å². The van der Waals surface area contributed by atoms with Crippen LogP contribution in [0.4, 0.5) is 5.69 Å². The largest absolute Gasteiger partial charge is 0.494 e. The van der Waals surface area contributed by atoms with E-state index in [1.807, 2.05) is 6.92 Å². The number of ether oxygens (including phenoxy) is 1. The summed E-state index contributed by atoms with van der Waals surface area (Å²) in [6, 6.07) is 18.1. The molecular weight excluding hydrogens is 464 g/mol. The standard InChI is InChI=1S/C23H20N2O6S2/c1-2-29-17-12-10-16(11-13-17)24-20(26)15-32-23-22(25-21(31-23)19-9-6-14-30-19)33(27,28)18-7-4-3-5-8-18/h3-14H,2,15H2,1H3,(H,24,26). The first-order chi connectivity index (χ1) is 16.0. The van der Waals surface area contributed by atoms with Gasteiger partial charge in [-0.3, -0.25) is 4.79 Å². The van der Waals surface area contributed by atoms with Gasteiger partial charge in [0.1, 0.15) is 5.75 Å². The summed E-state index contributed by atoms with van der Waals surface area (Å²) in [7, 11) is -3.97. The van der Waals surface area contributed by atoms with Crippen molar-refractivity contribution in [3.8, 4) is 17.4 Å². The normalized spacial score (nSPS) is 11.3. The van der Waals surface area contributed by atoms with E-state index < -0.39 is 9.84 Å². The minimum atomic E-state index is -3.97. The summed E-state index contributed by atoms with van der Waals surface area (Å²) in [4.78, 5) is 16.7. The maximum absolute atomic E-state index is 13.2. The molecule has 2 heterocycles. The Bertz CT molecular complexity index is 1320. The van der Waals surface area contributed by atoms with Gasteiger partial charge in [0.15, 0.2) is 5.76 Å². The van der Waals surface area contributed by atoms with Crippen LogP contribution in [0, 0.1) is 0 Å². The predicted molar refractivity (Wildman–Crippen MR) is 123 cm³/mol. The maximum atomic E-state index is 13.2. The van der Waals surface area contributed by atoms with Crippen LogP contribution in [0.15, 0.2) is 96.8 Å². The monoisotopic (exact) mass is 484 g/mol. The Morgan fingerprint density at radius 1 is 1.06 bits per heavy atom. The van der Waals surface area contributed by atoms with Crippen molar-refractivity contribution in [1.29, 1.82) is 0 Å². The number of sulfone groups is 1. The van der Waals surface area contributed by atoms with Crippen molar-refractivity contribution in [1.82, 2.24) is 4.98 Å². The van der Waals surface area contributed by atoms with E-state index in [9.17, 15) is 13.2 Å². The molecule has 0 saturated heterocycles.